The largest absolute Gasteiger partial charge is 0.444 e. The molecule has 3 aromatic heterocycles. The first-order valence-electron chi connectivity index (χ1n) is 5.50. The average molecular weight is 293 g/mol. The second-order valence-corrected chi connectivity index (χ2v) is 5.70. The molecule has 8 heteroatoms. The van der Waals surface area contributed by atoms with Gasteiger partial charge in [-0.2, -0.15) is 0 Å². The van der Waals surface area contributed by atoms with Gasteiger partial charge >= 0.3 is 0 Å². The summed E-state index contributed by atoms with van der Waals surface area (Å²) in [5.74, 6) is 1.73. The zero-order chi connectivity index (χ0) is 13.2. The minimum absolute atomic E-state index is 0.405. The van der Waals surface area contributed by atoms with Crippen LogP contribution in [0.1, 0.15) is 5.69 Å². The Balaban J connectivity index is 1.69. The van der Waals surface area contributed by atoms with Gasteiger partial charge in [0.15, 0.2) is 5.16 Å². The van der Waals surface area contributed by atoms with Gasteiger partial charge in [0.05, 0.1) is 10.6 Å². The normalized spacial score (nSPS) is 11.0. The third-order valence-electron chi connectivity index (χ3n) is 2.50. The van der Waals surface area contributed by atoms with E-state index in [1.54, 1.807) is 22.2 Å². The van der Waals surface area contributed by atoms with Gasteiger partial charge < -0.3 is 10.2 Å². The summed E-state index contributed by atoms with van der Waals surface area (Å²) in [5, 5.41) is 10.5. The maximum absolute atomic E-state index is 5.62. The maximum Gasteiger partial charge on any atom is 0.236 e. The van der Waals surface area contributed by atoms with Crippen molar-refractivity contribution in [2.45, 2.75) is 10.9 Å². The van der Waals surface area contributed by atoms with Crippen molar-refractivity contribution in [2.75, 3.05) is 5.73 Å². The molecule has 0 aliphatic carbocycles. The van der Waals surface area contributed by atoms with E-state index in [4.69, 9.17) is 10.2 Å². The van der Waals surface area contributed by atoms with E-state index in [9.17, 15) is 0 Å². The van der Waals surface area contributed by atoms with Gasteiger partial charge in [0, 0.05) is 12.8 Å². The van der Waals surface area contributed by atoms with Crippen LogP contribution in [-0.4, -0.2) is 19.7 Å². The van der Waals surface area contributed by atoms with E-state index < -0.39 is 0 Å². The molecule has 0 aliphatic rings. The first kappa shape index (κ1) is 12.2. The van der Waals surface area contributed by atoms with Gasteiger partial charge in [-0.25, -0.2) is 4.98 Å². The molecule has 0 spiro atoms. The van der Waals surface area contributed by atoms with Crippen LogP contribution < -0.4 is 5.73 Å². The van der Waals surface area contributed by atoms with Crippen LogP contribution >= 0.6 is 23.1 Å². The number of oxazole rings is 1. The van der Waals surface area contributed by atoms with Crippen LogP contribution in [0.3, 0.4) is 0 Å². The standard InChI is InChI=1S/C11H11N5OS2/c1-16-10(12)14-15-11(16)19-6-7-5-17-9(13-7)8-3-2-4-18-8/h2-5H,6H2,1H3,(H2,12,14). The third kappa shape index (κ3) is 2.49. The Labute approximate surface area is 117 Å². The molecule has 0 unspecified atom stereocenters. The van der Waals surface area contributed by atoms with Crippen LogP contribution in [0, 0.1) is 0 Å². The second kappa shape index (κ2) is 5.06. The molecule has 2 N–H and O–H groups in total. The third-order valence-corrected chi connectivity index (χ3v) is 4.41. The Morgan fingerprint density at radius 3 is 3.05 bits per heavy atom. The predicted octanol–water partition coefficient (Wildman–Crippen LogP) is 2.41. The van der Waals surface area contributed by atoms with E-state index in [2.05, 4.69) is 15.2 Å². The molecule has 0 bridgehead atoms. The van der Waals surface area contributed by atoms with Crippen molar-refractivity contribution in [3.63, 3.8) is 0 Å². The number of nitrogens with zero attached hydrogens (tertiary/aromatic N) is 4. The molecule has 0 radical (unpaired) electrons. The zero-order valence-electron chi connectivity index (χ0n) is 10.1. The highest BCUT2D eigenvalue weighted by Crippen LogP contribution is 2.26. The van der Waals surface area contributed by atoms with E-state index in [0.717, 1.165) is 15.7 Å². The van der Waals surface area contributed by atoms with Crippen LogP contribution in [0.15, 0.2) is 33.3 Å². The van der Waals surface area contributed by atoms with Gasteiger partial charge in [0.1, 0.15) is 6.26 Å². The van der Waals surface area contributed by atoms with Crippen LogP contribution in [0.25, 0.3) is 10.8 Å². The SMILES string of the molecule is Cn1c(N)nnc1SCc1coc(-c2cccs2)n1. The van der Waals surface area contributed by atoms with Crippen molar-refractivity contribution in [2.24, 2.45) is 7.05 Å². The quantitative estimate of drug-likeness (QED) is 0.744. The van der Waals surface area contributed by atoms with Crippen LogP contribution in [0.4, 0.5) is 5.95 Å². The zero-order valence-corrected chi connectivity index (χ0v) is 11.7. The minimum Gasteiger partial charge on any atom is -0.444 e. The van der Waals surface area contributed by atoms with Crippen molar-refractivity contribution in [3.8, 4) is 10.8 Å². The molecule has 0 atom stereocenters. The summed E-state index contributed by atoms with van der Waals surface area (Å²) in [6.07, 6.45) is 1.67. The maximum atomic E-state index is 5.62. The van der Waals surface area contributed by atoms with Gasteiger partial charge in [-0.1, -0.05) is 17.8 Å². The van der Waals surface area contributed by atoms with E-state index in [-0.39, 0.29) is 0 Å². The summed E-state index contributed by atoms with van der Waals surface area (Å²) < 4.78 is 7.19. The number of nitrogen functional groups attached to an aromatic ring is 1. The average Bonchev–Trinajstić information content (AvgIpc) is 3.11. The fourth-order valence-corrected chi connectivity index (χ4v) is 2.93. The molecule has 0 saturated heterocycles. The summed E-state index contributed by atoms with van der Waals surface area (Å²) in [6.45, 7) is 0. The van der Waals surface area contributed by atoms with Gasteiger partial charge in [-0.15, -0.1) is 21.5 Å². The van der Waals surface area contributed by atoms with Crippen molar-refractivity contribution < 1.29 is 4.42 Å². The van der Waals surface area contributed by atoms with Gasteiger partial charge in [0.25, 0.3) is 0 Å². The molecular weight excluding hydrogens is 282 g/mol. The number of hydrogen-bond donors (Lipinski definition) is 1. The van der Waals surface area contributed by atoms with Crippen molar-refractivity contribution in [3.05, 3.63) is 29.5 Å². The highest BCUT2D eigenvalue weighted by atomic mass is 32.2. The lowest BCUT2D eigenvalue weighted by Crippen LogP contribution is -1.98. The highest BCUT2D eigenvalue weighted by Gasteiger charge is 2.10. The number of rotatable bonds is 4. The second-order valence-electron chi connectivity index (χ2n) is 3.81. The number of nitrogens with two attached hydrogens (primary N) is 1. The lowest BCUT2D eigenvalue weighted by molar-refractivity contribution is 0.575. The molecule has 3 aromatic rings. The fraction of sp³-hybridized carbons (Fsp3) is 0.182. The minimum atomic E-state index is 0.405. The Morgan fingerprint density at radius 1 is 1.47 bits per heavy atom. The van der Waals surface area contributed by atoms with E-state index in [0.29, 0.717) is 17.6 Å². The molecule has 98 valence electrons. The topological polar surface area (TPSA) is 82.8 Å². The molecule has 0 aromatic carbocycles. The van der Waals surface area contributed by atoms with E-state index in [1.165, 1.54) is 11.8 Å². The Hall–Kier alpha value is -1.80. The smallest absolute Gasteiger partial charge is 0.236 e. The highest BCUT2D eigenvalue weighted by molar-refractivity contribution is 7.98. The molecular formula is C11H11N5OS2. The number of anilines is 1. The van der Waals surface area contributed by atoms with Crippen LogP contribution in [-0.2, 0) is 12.8 Å². The van der Waals surface area contributed by atoms with Gasteiger partial charge in [0.2, 0.25) is 11.8 Å². The molecule has 0 fully saturated rings. The first-order valence-corrected chi connectivity index (χ1v) is 7.36. The molecule has 19 heavy (non-hydrogen) atoms. The number of aromatic nitrogens is 4. The molecule has 3 rings (SSSR count). The van der Waals surface area contributed by atoms with Gasteiger partial charge in [-0.05, 0) is 11.4 Å². The lowest BCUT2D eigenvalue weighted by Gasteiger charge is -1.98. The molecule has 3 heterocycles. The number of thioether (sulfide) groups is 1. The van der Waals surface area contributed by atoms with E-state index >= 15 is 0 Å². The molecule has 0 aliphatic heterocycles. The van der Waals surface area contributed by atoms with Gasteiger partial charge in [-0.3, -0.25) is 4.57 Å². The Morgan fingerprint density at radius 2 is 2.37 bits per heavy atom. The summed E-state index contributed by atoms with van der Waals surface area (Å²) in [4.78, 5) is 5.47. The summed E-state index contributed by atoms with van der Waals surface area (Å²) in [7, 11) is 1.83. The fourth-order valence-electron chi connectivity index (χ4n) is 1.48. The number of thiophene rings is 1. The first-order chi connectivity index (χ1) is 9.24. The van der Waals surface area contributed by atoms with Crippen molar-refractivity contribution in [1.29, 1.82) is 0 Å². The van der Waals surface area contributed by atoms with Crippen LogP contribution in [0.5, 0.6) is 0 Å². The van der Waals surface area contributed by atoms with Crippen LogP contribution in [0.2, 0.25) is 0 Å². The molecule has 0 saturated carbocycles. The Bertz CT molecular complexity index is 673. The van der Waals surface area contributed by atoms with Crippen molar-refractivity contribution >= 4 is 29.0 Å². The summed E-state index contributed by atoms with van der Waals surface area (Å²) in [6, 6.07) is 3.96. The summed E-state index contributed by atoms with van der Waals surface area (Å²) in [5.41, 5.74) is 6.49. The monoisotopic (exact) mass is 293 g/mol. The predicted molar refractivity (Wildman–Crippen MR) is 74.8 cm³/mol. The molecule has 0 amide bonds. The summed E-state index contributed by atoms with van der Waals surface area (Å²) >= 11 is 3.13. The van der Waals surface area contributed by atoms with E-state index in [1.807, 2.05) is 24.6 Å². The number of hydrogen-bond acceptors (Lipinski definition) is 7. The Kier molecular flexibility index (Phi) is 3.26. The lowest BCUT2D eigenvalue weighted by atomic mass is 10.5. The van der Waals surface area contributed by atoms with Crippen molar-refractivity contribution in [1.82, 2.24) is 19.7 Å². The molecule has 6 nitrogen and oxygen atoms in total.